The third-order valence-corrected chi connectivity index (χ3v) is 5.81. The van der Waals surface area contributed by atoms with E-state index in [1.165, 1.54) is 0 Å². The number of amidine groups is 1. The molecular weight excluding hydrogens is 428 g/mol. The van der Waals surface area contributed by atoms with Gasteiger partial charge in [-0.05, 0) is 61.8 Å². The van der Waals surface area contributed by atoms with Gasteiger partial charge in [0.1, 0.15) is 17.5 Å². The minimum Gasteiger partial charge on any atom is -0.354 e. The van der Waals surface area contributed by atoms with Crippen LogP contribution in [-0.4, -0.2) is 66.6 Å². The highest BCUT2D eigenvalue weighted by molar-refractivity contribution is 5.96. The number of carbonyl (C=O) groups excluding carboxylic acids is 1. The van der Waals surface area contributed by atoms with Crippen molar-refractivity contribution in [2.45, 2.75) is 6.92 Å². The Morgan fingerprint density at radius 3 is 2.79 bits per heavy atom. The molecule has 3 N–H and O–H groups in total. The average Bonchev–Trinajstić information content (AvgIpc) is 2.87. The number of aromatic nitrogens is 2. The molecule has 1 fully saturated rings. The Balaban J connectivity index is 1.51. The number of amides is 1. The first-order valence-electron chi connectivity index (χ1n) is 11.0. The summed E-state index contributed by atoms with van der Waals surface area (Å²) in [6, 6.07) is 5.55. The number of pyridine rings is 2. The van der Waals surface area contributed by atoms with Gasteiger partial charge in [0, 0.05) is 55.9 Å². The molecule has 2 aliphatic rings. The third-order valence-electron chi connectivity index (χ3n) is 5.81. The summed E-state index contributed by atoms with van der Waals surface area (Å²) >= 11 is 0. The Morgan fingerprint density at radius 1 is 1.24 bits per heavy atom. The molecule has 2 aromatic rings. The highest BCUT2D eigenvalue weighted by atomic mass is 16.1. The van der Waals surface area contributed by atoms with Crippen molar-refractivity contribution in [1.29, 1.82) is 5.41 Å². The molecule has 4 rings (SSSR count). The van der Waals surface area contributed by atoms with Crippen molar-refractivity contribution in [3.63, 3.8) is 0 Å². The third kappa shape index (κ3) is 5.44. The first kappa shape index (κ1) is 23.1. The summed E-state index contributed by atoms with van der Waals surface area (Å²) < 4.78 is 0. The van der Waals surface area contributed by atoms with E-state index in [1.54, 1.807) is 36.8 Å². The Bertz CT molecular complexity index is 1300. The SMILES string of the molecule is C=NC(=N)C=CC(C)=c1cnc2c(c1)C=C(NC(=O)c1ccnc(N3CCN(C)CC3)c1)NC=2. The van der Waals surface area contributed by atoms with Gasteiger partial charge in [0.2, 0.25) is 0 Å². The molecule has 4 heterocycles. The zero-order chi connectivity index (χ0) is 24.1. The van der Waals surface area contributed by atoms with Gasteiger partial charge in [0.25, 0.3) is 5.91 Å². The number of likely N-dealkylation sites (N-methyl/N-ethyl adjacent to an activating group) is 1. The molecular formula is C25H28N8O. The lowest BCUT2D eigenvalue weighted by Crippen LogP contribution is -2.44. The summed E-state index contributed by atoms with van der Waals surface area (Å²) in [6.45, 7) is 9.01. The molecule has 0 spiro atoms. The fourth-order valence-corrected chi connectivity index (χ4v) is 3.68. The number of hydrogen-bond acceptors (Lipinski definition) is 7. The molecule has 1 saturated heterocycles. The lowest BCUT2D eigenvalue weighted by Gasteiger charge is -2.33. The number of aliphatic imine (C=N–C) groups is 1. The van der Waals surface area contributed by atoms with Crippen molar-refractivity contribution in [1.82, 2.24) is 25.5 Å². The average molecular weight is 457 g/mol. The number of fused-ring (bicyclic) bond motifs is 1. The highest BCUT2D eigenvalue weighted by Gasteiger charge is 2.17. The van der Waals surface area contributed by atoms with Crippen LogP contribution in [0.3, 0.4) is 0 Å². The predicted molar refractivity (Wildman–Crippen MR) is 136 cm³/mol. The lowest BCUT2D eigenvalue weighted by molar-refractivity contribution is 0.0964. The van der Waals surface area contributed by atoms with Crippen molar-refractivity contribution >= 4 is 42.1 Å². The number of rotatable bonds is 5. The van der Waals surface area contributed by atoms with E-state index in [-0.39, 0.29) is 11.7 Å². The zero-order valence-corrected chi connectivity index (χ0v) is 19.4. The maximum absolute atomic E-state index is 12.9. The van der Waals surface area contributed by atoms with E-state index in [9.17, 15) is 4.79 Å². The van der Waals surface area contributed by atoms with Crippen LogP contribution in [-0.2, 0) is 0 Å². The fourth-order valence-electron chi connectivity index (χ4n) is 3.68. The number of carbonyl (C=O) groups is 1. The summed E-state index contributed by atoms with van der Waals surface area (Å²) in [5, 5.41) is 15.3. The van der Waals surface area contributed by atoms with Gasteiger partial charge in [-0.2, -0.15) is 0 Å². The molecule has 0 saturated carbocycles. The summed E-state index contributed by atoms with van der Waals surface area (Å²) in [5.41, 5.74) is 2.37. The molecule has 0 bridgehead atoms. The molecule has 174 valence electrons. The number of hydrogen-bond donors (Lipinski definition) is 3. The second-order valence-corrected chi connectivity index (χ2v) is 8.25. The second kappa shape index (κ2) is 10.2. The van der Waals surface area contributed by atoms with E-state index in [0.29, 0.717) is 11.4 Å². The first-order chi connectivity index (χ1) is 16.4. The zero-order valence-electron chi connectivity index (χ0n) is 19.4. The quantitative estimate of drug-likeness (QED) is 0.452. The van der Waals surface area contributed by atoms with Gasteiger partial charge >= 0.3 is 0 Å². The molecule has 2 aromatic heterocycles. The summed E-state index contributed by atoms with van der Waals surface area (Å²) in [6.07, 6.45) is 10.5. The molecule has 9 nitrogen and oxygen atoms in total. The minimum absolute atomic E-state index is 0.0968. The van der Waals surface area contributed by atoms with Crippen LogP contribution in [0.25, 0.3) is 17.8 Å². The summed E-state index contributed by atoms with van der Waals surface area (Å²) in [4.78, 5) is 29.9. The van der Waals surface area contributed by atoms with E-state index in [2.05, 4.69) is 49.2 Å². The maximum atomic E-state index is 12.9. The van der Waals surface area contributed by atoms with Crippen LogP contribution in [0.5, 0.6) is 0 Å². The minimum atomic E-state index is -0.210. The van der Waals surface area contributed by atoms with E-state index in [1.807, 2.05) is 25.1 Å². The molecule has 2 aliphatic heterocycles. The Morgan fingerprint density at radius 2 is 2.03 bits per heavy atom. The van der Waals surface area contributed by atoms with Crippen LogP contribution in [0.2, 0.25) is 0 Å². The van der Waals surface area contributed by atoms with Gasteiger partial charge in [-0.15, -0.1) is 0 Å². The van der Waals surface area contributed by atoms with Gasteiger partial charge in [-0.25, -0.2) is 9.98 Å². The number of allylic oxidation sites excluding steroid dienone is 1. The molecule has 9 heteroatoms. The number of nitrogens with zero attached hydrogens (tertiary/aromatic N) is 5. The second-order valence-electron chi connectivity index (χ2n) is 8.25. The number of nitrogens with one attached hydrogen (secondary N) is 3. The largest absolute Gasteiger partial charge is 0.354 e. The lowest BCUT2D eigenvalue weighted by atomic mass is 10.1. The van der Waals surface area contributed by atoms with E-state index >= 15 is 0 Å². The van der Waals surface area contributed by atoms with Gasteiger partial charge < -0.3 is 20.4 Å². The van der Waals surface area contributed by atoms with E-state index < -0.39 is 0 Å². The standard InChI is InChI=1S/C25H28N8O/c1-17(4-5-22(26)27-2)20-12-19-13-23(30-16-21(19)29-15-20)31-25(34)18-6-7-28-24(14-18)33-10-8-32(3)9-11-33/h4-7,12-16,26,30H,2,8-11H2,1,3H3,(H,31,34). The van der Waals surface area contributed by atoms with Gasteiger partial charge in [0.05, 0.1) is 5.35 Å². The fraction of sp³-hybridized carbons (Fsp3) is 0.240. The monoisotopic (exact) mass is 456 g/mol. The molecule has 0 aromatic carbocycles. The van der Waals surface area contributed by atoms with Crippen LogP contribution < -0.4 is 26.1 Å². The van der Waals surface area contributed by atoms with Crippen molar-refractivity contribution < 1.29 is 4.79 Å². The van der Waals surface area contributed by atoms with Crippen molar-refractivity contribution in [3.8, 4) is 0 Å². The van der Waals surface area contributed by atoms with Crippen LogP contribution in [0, 0.1) is 5.41 Å². The van der Waals surface area contributed by atoms with Crippen molar-refractivity contribution in [2.24, 2.45) is 4.99 Å². The molecule has 0 radical (unpaired) electrons. The molecule has 0 unspecified atom stereocenters. The van der Waals surface area contributed by atoms with Crippen LogP contribution in [0.4, 0.5) is 5.82 Å². The Labute approximate surface area is 198 Å². The summed E-state index contributed by atoms with van der Waals surface area (Å²) in [5.74, 6) is 1.27. The number of anilines is 1. The molecule has 0 aliphatic carbocycles. The highest BCUT2D eigenvalue weighted by Crippen LogP contribution is 2.15. The first-order valence-corrected chi connectivity index (χ1v) is 11.0. The molecule has 34 heavy (non-hydrogen) atoms. The smallest absolute Gasteiger partial charge is 0.256 e. The van der Waals surface area contributed by atoms with E-state index in [0.717, 1.165) is 53.7 Å². The topological polar surface area (TPSA) is 110 Å². The van der Waals surface area contributed by atoms with Crippen molar-refractivity contribution in [3.05, 3.63) is 70.3 Å². The predicted octanol–water partition coefficient (Wildman–Crippen LogP) is 0.703. The normalized spacial score (nSPS) is 16.6. The van der Waals surface area contributed by atoms with E-state index in [4.69, 9.17) is 5.41 Å². The van der Waals surface area contributed by atoms with Gasteiger partial charge in [-0.3, -0.25) is 15.2 Å². The van der Waals surface area contributed by atoms with Gasteiger partial charge in [0.15, 0.2) is 0 Å². The van der Waals surface area contributed by atoms with Crippen LogP contribution in [0.15, 0.2) is 53.6 Å². The van der Waals surface area contributed by atoms with Gasteiger partial charge in [-0.1, -0.05) is 6.08 Å². The maximum Gasteiger partial charge on any atom is 0.256 e. The molecule has 1 amide bonds. The molecule has 0 atom stereocenters. The Hall–Kier alpha value is -4.11. The summed E-state index contributed by atoms with van der Waals surface area (Å²) in [7, 11) is 2.11. The van der Waals surface area contributed by atoms with Crippen LogP contribution in [0.1, 0.15) is 22.8 Å². The Kier molecular flexibility index (Phi) is 6.93. The van der Waals surface area contributed by atoms with Crippen molar-refractivity contribution in [2.75, 3.05) is 38.1 Å². The van der Waals surface area contributed by atoms with Crippen LogP contribution >= 0.6 is 0 Å². The number of piperazine rings is 1.